The first-order chi connectivity index (χ1) is 9.62. The van der Waals surface area contributed by atoms with Crippen molar-refractivity contribution in [2.75, 3.05) is 17.0 Å². The Hall–Kier alpha value is -1.19. The number of nitrogens with zero attached hydrogens (tertiary/aromatic N) is 1. The molecule has 1 aromatic rings. The summed E-state index contributed by atoms with van der Waals surface area (Å²) >= 11 is 3.21. The second-order valence-corrected chi connectivity index (χ2v) is 7.60. The van der Waals surface area contributed by atoms with Gasteiger partial charge in [0.15, 0.2) is 0 Å². The van der Waals surface area contributed by atoms with Crippen LogP contribution in [0.2, 0.25) is 0 Å². The van der Waals surface area contributed by atoms with Crippen LogP contribution in [-0.4, -0.2) is 31.7 Å². The van der Waals surface area contributed by atoms with Gasteiger partial charge in [-0.15, -0.1) is 0 Å². The topological polar surface area (TPSA) is 101 Å². The zero-order chi connectivity index (χ0) is 16.2. The normalized spacial score (nSPS) is 11.7. The molecule has 21 heavy (non-hydrogen) atoms. The lowest BCUT2D eigenvalue weighted by Crippen LogP contribution is -2.31. The fourth-order valence-corrected chi connectivity index (χ4v) is 3.32. The fourth-order valence-electron chi connectivity index (χ4n) is 1.64. The molecule has 0 bridgehead atoms. The molecule has 0 amide bonds. The van der Waals surface area contributed by atoms with Gasteiger partial charge in [0.2, 0.25) is 10.0 Å². The molecule has 0 atom stereocenters. The average molecular weight is 380 g/mol. The highest BCUT2D eigenvalue weighted by atomic mass is 79.9. The predicted octanol–water partition coefficient (Wildman–Crippen LogP) is 2.41. The van der Waals surface area contributed by atoms with Gasteiger partial charge >= 0.3 is 0 Å². The summed E-state index contributed by atoms with van der Waals surface area (Å²) in [6.07, 6.45) is 0. The molecule has 0 radical (unpaired) electrons. The Bertz CT molecular complexity index is 632. The van der Waals surface area contributed by atoms with Gasteiger partial charge in [-0.05, 0) is 28.9 Å². The van der Waals surface area contributed by atoms with Crippen molar-refractivity contribution in [1.29, 1.82) is 0 Å². The quantitative estimate of drug-likeness (QED) is 0.559. The Kier molecular flexibility index (Phi) is 6.11. The second-order valence-electron chi connectivity index (χ2n) is 4.91. The first-order valence-corrected chi connectivity index (χ1v) is 8.75. The predicted molar refractivity (Wildman–Crippen MR) is 86.1 cm³/mol. The number of nitrogens with one attached hydrogen (secondary N) is 2. The van der Waals surface area contributed by atoms with Gasteiger partial charge in [0, 0.05) is 28.7 Å². The van der Waals surface area contributed by atoms with Crippen molar-refractivity contribution in [1.82, 2.24) is 5.32 Å². The SMILES string of the molecule is Cc1cc(Br)c(NS(=O)(=O)CCNC(C)C)cc1[N+](=O)[O-]. The molecule has 0 heterocycles. The minimum Gasteiger partial charge on any atom is -0.313 e. The molecule has 0 aliphatic rings. The van der Waals surface area contributed by atoms with E-state index in [2.05, 4.69) is 26.0 Å². The molecule has 0 aliphatic carbocycles. The molecule has 1 rings (SSSR count). The molecule has 118 valence electrons. The number of hydrogen-bond donors (Lipinski definition) is 2. The van der Waals surface area contributed by atoms with E-state index in [0.717, 1.165) is 0 Å². The molecule has 1 aromatic carbocycles. The number of sulfonamides is 1. The maximum absolute atomic E-state index is 12.0. The van der Waals surface area contributed by atoms with Gasteiger partial charge in [0.1, 0.15) is 0 Å². The van der Waals surface area contributed by atoms with Crippen LogP contribution in [0.5, 0.6) is 0 Å². The van der Waals surface area contributed by atoms with Crippen molar-refractivity contribution in [2.24, 2.45) is 0 Å². The first kappa shape index (κ1) is 17.9. The molecule has 0 unspecified atom stereocenters. The largest absolute Gasteiger partial charge is 0.313 e. The molecule has 0 aromatic heterocycles. The van der Waals surface area contributed by atoms with Crippen LogP contribution in [0.4, 0.5) is 11.4 Å². The maximum Gasteiger partial charge on any atom is 0.274 e. The van der Waals surface area contributed by atoms with Crippen molar-refractivity contribution in [3.8, 4) is 0 Å². The van der Waals surface area contributed by atoms with Gasteiger partial charge in [0.05, 0.1) is 16.4 Å². The van der Waals surface area contributed by atoms with Crippen LogP contribution in [-0.2, 0) is 10.0 Å². The van der Waals surface area contributed by atoms with Gasteiger partial charge in [-0.1, -0.05) is 13.8 Å². The Morgan fingerprint density at radius 1 is 1.38 bits per heavy atom. The standard InChI is InChI=1S/C12H18BrN3O4S/c1-8(2)14-4-5-21(19,20)15-11-7-12(16(17)18)9(3)6-10(11)13/h6-8,14-15H,4-5H2,1-3H3. The number of nitro groups is 1. The number of benzene rings is 1. The van der Waals surface area contributed by atoms with E-state index in [1.54, 1.807) is 6.92 Å². The van der Waals surface area contributed by atoms with Crippen molar-refractivity contribution in [3.05, 3.63) is 32.3 Å². The van der Waals surface area contributed by atoms with Crippen molar-refractivity contribution >= 4 is 37.3 Å². The maximum atomic E-state index is 12.0. The smallest absolute Gasteiger partial charge is 0.274 e. The van der Waals surface area contributed by atoms with Crippen LogP contribution in [0.15, 0.2) is 16.6 Å². The fraction of sp³-hybridized carbons (Fsp3) is 0.500. The van der Waals surface area contributed by atoms with E-state index in [4.69, 9.17) is 0 Å². The van der Waals surface area contributed by atoms with Crippen LogP contribution in [0.1, 0.15) is 19.4 Å². The van der Waals surface area contributed by atoms with E-state index in [1.807, 2.05) is 13.8 Å². The molecule has 0 fully saturated rings. The van der Waals surface area contributed by atoms with Crippen molar-refractivity contribution in [3.63, 3.8) is 0 Å². The zero-order valence-electron chi connectivity index (χ0n) is 12.0. The van der Waals surface area contributed by atoms with Crippen LogP contribution < -0.4 is 10.0 Å². The zero-order valence-corrected chi connectivity index (χ0v) is 14.4. The Morgan fingerprint density at radius 2 is 2.00 bits per heavy atom. The molecule has 0 saturated carbocycles. The Labute approximate surface area is 132 Å². The van der Waals surface area contributed by atoms with Gasteiger partial charge in [0.25, 0.3) is 5.69 Å². The third-order valence-corrected chi connectivity index (χ3v) is 4.60. The number of anilines is 1. The molecular weight excluding hydrogens is 362 g/mol. The minimum absolute atomic E-state index is 0.112. The minimum atomic E-state index is -3.57. The highest BCUT2D eigenvalue weighted by Crippen LogP contribution is 2.31. The van der Waals surface area contributed by atoms with Gasteiger partial charge < -0.3 is 5.32 Å². The summed E-state index contributed by atoms with van der Waals surface area (Å²) in [5.41, 5.74) is 0.490. The third-order valence-electron chi connectivity index (χ3n) is 2.67. The van der Waals surface area contributed by atoms with Gasteiger partial charge in [-0.25, -0.2) is 8.42 Å². The summed E-state index contributed by atoms with van der Waals surface area (Å²) in [4.78, 5) is 10.4. The van der Waals surface area contributed by atoms with E-state index in [-0.39, 0.29) is 23.2 Å². The summed E-state index contributed by atoms with van der Waals surface area (Å²) in [5, 5.41) is 13.9. The van der Waals surface area contributed by atoms with Crippen LogP contribution in [0, 0.1) is 17.0 Å². The molecule has 9 heteroatoms. The number of rotatable bonds is 7. The average Bonchev–Trinajstić information content (AvgIpc) is 2.31. The molecule has 7 nitrogen and oxygen atoms in total. The lowest BCUT2D eigenvalue weighted by molar-refractivity contribution is -0.385. The van der Waals surface area contributed by atoms with Crippen molar-refractivity contribution in [2.45, 2.75) is 26.8 Å². The molecular formula is C12H18BrN3O4S. The monoisotopic (exact) mass is 379 g/mol. The number of nitro benzene ring substituents is 1. The highest BCUT2D eigenvalue weighted by molar-refractivity contribution is 9.10. The van der Waals surface area contributed by atoms with E-state index in [1.165, 1.54) is 12.1 Å². The Morgan fingerprint density at radius 3 is 2.52 bits per heavy atom. The number of aryl methyl sites for hydroxylation is 1. The molecule has 0 aliphatic heterocycles. The lowest BCUT2D eigenvalue weighted by atomic mass is 10.2. The van der Waals surface area contributed by atoms with E-state index in [0.29, 0.717) is 16.6 Å². The van der Waals surface area contributed by atoms with Crippen molar-refractivity contribution < 1.29 is 13.3 Å². The lowest BCUT2D eigenvalue weighted by Gasteiger charge is -2.12. The van der Waals surface area contributed by atoms with Crippen LogP contribution >= 0.6 is 15.9 Å². The van der Waals surface area contributed by atoms with Gasteiger partial charge in [-0.3, -0.25) is 14.8 Å². The summed E-state index contributed by atoms with van der Waals surface area (Å²) in [6.45, 7) is 5.73. The summed E-state index contributed by atoms with van der Waals surface area (Å²) in [7, 11) is -3.57. The number of hydrogen-bond acceptors (Lipinski definition) is 5. The summed E-state index contributed by atoms with van der Waals surface area (Å²) < 4.78 is 26.7. The molecule has 2 N–H and O–H groups in total. The number of halogens is 1. The van der Waals surface area contributed by atoms with Gasteiger partial charge in [-0.2, -0.15) is 0 Å². The first-order valence-electron chi connectivity index (χ1n) is 6.31. The third kappa shape index (κ3) is 5.60. The summed E-state index contributed by atoms with van der Waals surface area (Å²) in [6, 6.07) is 2.92. The van der Waals surface area contributed by atoms with Crippen LogP contribution in [0.3, 0.4) is 0 Å². The summed E-state index contributed by atoms with van der Waals surface area (Å²) in [5.74, 6) is -0.112. The molecule has 0 spiro atoms. The van der Waals surface area contributed by atoms with E-state index >= 15 is 0 Å². The Balaban J connectivity index is 2.91. The highest BCUT2D eigenvalue weighted by Gasteiger charge is 2.18. The van der Waals surface area contributed by atoms with E-state index in [9.17, 15) is 18.5 Å². The molecule has 0 saturated heterocycles. The second kappa shape index (κ2) is 7.19. The van der Waals surface area contributed by atoms with Crippen LogP contribution in [0.25, 0.3) is 0 Å². The van der Waals surface area contributed by atoms with E-state index < -0.39 is 14.9 Å².